The number of benzene rings is 1. The van der Waals surface area contributed by atoms with Gasteiger partial charge in [0.25, 0.3) is 0 Å². The second-order valence-electron chi connectivity index (χ2n) is 6.30. The average molecular weight is 383 g/mol. The number of hydrogen-bond acceptors (Lipinski definition) is 1. The van der Waals surface area contributed by atoms with E-state index >= 15 is 0 Å². The molecule has 108 valence electrons. The van der Waals surface area contributed by atoms with Crippen LogP contribution in [0.25, 0.3) is 0 Å². The van der Waals surface area contributed by atoms with E-state index in [0.29, 0.717) is 6.04 Å². The fraction of sp³-hybridized carbons (Fsp3) is 0.562. The molecule has 0 spiro atoms. The van der Waals surface area contributed by atoms with Gasteiger partial charge >= 0.3 is 0 Å². The summed E-state index contributed by atoms with van der Waals surface area (Å²) < 4.78 is 0. The van der Waals surface area contributed by atoms with Crippen molar-refractivity contribution in [1.82, 2.24) is 4.90 Å². The van der Waals surface area contributed by atoms with Crippen LogP contribution in [0.1, 0.15) is 29.9 Å². The van der Waals surface area contributed by atoms with Crippen molar-refractivity contribution in [1.29, 1.82) is 0 Å². The first-order valence-electron chi connectivity index (χ1n) is 7.36. The van der Waals surface area contributed by atoms with Gasteiger partial charge < -0.3 is 10.6 Å². The van der Waals surface area contributed by atoms with Gasteiger partial charge in [0.1, 0.15) is 0 Å². The summed E-state index contributed by atoms with van der Waals surface area (Å²) in [7, 11) is 2.07. The van der Waals surface area contributed by atoms with Gasteiger partial charge in [0, 0.05) is 19.6 Å². The Morgan fingerprint density at radius 2 is 2.10 bits per heavy atom. The summed E-state index contributed by atoms with van der Waals surface area (Å²) in [5.41, 5.74) is 9.18. The predicted molar refractivity (Wildman–Crippen MR) is 92.6 cm³/mol. The van der Waals surface area contributed by atoms with Gasteiger partial charge in [0.2, 0.25) is 0 Å². The molecule has 0 amide bonds. The Labute approximate surface area is 137 Å². The number of aliphatic imine (C=N–C) groups is 1. The number of rotatable bonds is 3. The third-order valence-corrected chi connectivity index (χ3v) is 5.12. The van der Waals surface area contributed by atoms with Crippen LogP contribution in [-0.2, 0) is 6.42 Å². The molecule has 0 aromatic heterocycles. The van der Waals surface area contributed by atoms with E-state index < -0.39 is 0 Å². The van der Waals surface area contributed by atoms with Gasteiger partial charge in [-0.05, 0) is 48.1 Å². The van der Waals surface area contributed by atoms with Gasteiger partial charge in [0.05, 0.1) is 0 Å². The van der Waals surface area contributed by atoms with Crippen molar-refractivity contribution < 1.29 is 0 Å². The molecule has 0 radical (unpaired) electrons. The Hall–Kier alpha value is -0.780. The molecule has 3 nitrogen and oxygen atoms in total. The molecular weight excluding hydrogens is 361 g/mol. The minimum Gasteiger partial charge on any atom is -0.370 e. The van der Waals surface area contributed by atoms with Gasteiger partial charge in [0.15, 0.2) is 5.96 Å². The molecule has 20 heavy (non-hydrogen) atoms. The molecule has 3 aliphatic carbocycles. The fourth-order valence-corrected chi connectivity index (χ4v) is 3.69. The lowest BCUT2D eigenvalue weighted by atomic mass is 10.0. The molecule has 1 aromatic rings. The molecular formula is C16H22IN3. The van der Waals surface area contributed by atoms with Crippen LogP contribution in [0.3, 0.4) is 0 Å². The highest BCUT2D eigenvalue weighted by molar-refractivity contribution is 14.0. The maximum atomic E-state index is 6.06. The third-order valence-electron chi connectivity index (χ3n) is 5.12. The van der Waals surface area contributed by atoms with Crippen LogP contribution in [0, 0.1) is 11.8 Å². The topological polar surface area (TPSA) is 41.6 Å². The summed E-state index contributed by atoms with van der Waals surface area (Å²) in [6.45, 7) is 0.909. The van der Waals surface area contributed by atoms with E-state index in [1.165, 1.54) is 19.3 Å². The maximum Gasteiger partial charge on any atom is 0.191 e. The summed E-state index contributed by atoms with van der Waals surface area (Å²) in [5.74, 6) is 3.07. The molecule has 4 rings (SSSR count). The zero-order chi connectivity index (χ0) is 13.0. The van der Waals surface area contributed by atoms with Crippen LogP contribution in [0.2, 0.25) is 0 Å². The lowest BCUT2D eigenvalue weighted by molar-refractivity contribution is 0.486. The maximum absolute atomic E-state index is 6.06. The summed E-state index contributed by atoms with van der Waals surface area (Å²) in [5, 5.41) is 0. The highest BCUT2D eigenvalue weighted by Gasteiger charge is 2.54. The summed E-state index contributed by atoms with van der Waals surface area (Å²) in [6, 6.07) is 9.54. The van der Waals surface area contributed by atoms with Crippen molar-refractivity contribution in [3.8, 4) is 0 Å². The Morgan fingerprint density at radius 3 is 2.85 bits per heavy atom. The van der Waals surface area contributed by atoms with E-state index in [9.17, 15) is 0 Å². The van der Waals surface area contributed by atoms with E-state index in [1.807, 2.05) is 0 Å². The second-order valence-corrected chi connectivity index (χ2v) is 6.30. The van der Waals surface area contributed by atoms with Crippen LogP contribution < -0.4 is 5.73 Å². The van der Waals surface area contributed by atoms with Gasteiger partial charge in [-0.3, -0.25) is 4.99 Å². The quantitative estimate of drug-likeness (QED) is 0.495. The van der Waals surface area contributed by atoms with E-state index in [2.05, 4.69) is 41.2 Å². The van der Waals surface area contributed by atoms with Crippen LogP contribution >= 0.6 is 24.0 Å². The van der Waals surface area contributed by atoms with Crippen molar-refractivity contribution in [3.63, 3.8) is 0 Å². The number of nitrogens with zero attached hydrogens (tertiary/aromatic N) is 2. The molecule has 2 N–H and O–H groups in total. The van der Waals surface area contributed by atoms with Crippen molar-refractivity contribution in [2.45, 2.75) is 31.2 Å². The van der Waals surface area contributed by atoms with E-state index in [4.69, 9.17) is 5.73 Å². The zero-order valence-electron chi connectivity index (χ0n) is 11.8. The highest BCUT2D eigenvalue weighted by Crippen LogP contribution is 2.61. The molecule has 3 aliphatic rings. The molecule has 0 bridgehead atoms. The zero-order valence-corrected chi connectivity index (χ0v) is 14.2. The molecule has 0 heterocycles. The molecule has 4 heteroatoms. The number of halogens is 1. The molecule has 3 atom stereocenters. The number of fused-ring (bicyclic) bond motifs is 3. The smallest absolute Gasteiger partial charge is 0.191 e. The van der Waals surface area contributed by atoms with E-state index in [1.54, 1.807) is 11.1 Å². The Kier molecular flexibility index (Phi) is 3.69. The van der Waals surface area contributed by atoms with Crippen LogP contribution in [-0.4, -0.2) is 30.5 Å². The second kappa shape index (κ2) is 5.20. The highest BCUT2D eigenvalue weighted by atomic mass is 127. The number of hydrogen-bond donors (Lipinski definition) is 1. The normalized spacial score (nSPS) is 30.2. The number of nitrogens with two attached hydrogens (primary N) is 1. The average Bonchev–Trinajstić information content (AvgIpc) is 3.33. The van der Waals surface area contributed by atoms with Gasteiger partial charge in [-0.2, -0.15) is 0 Å². The fourth-order valence-electron chi connectivity index (χ4n) is 3.69. The molecule has 0 saturated heterocycles. The molecule has 3 unspecified atom stereocenters. The van der Waals surface area contributed by atoms with Gasteiger partial charge in [-0.25, -0.2) is 0 Å². The first-order chi connectivity index (χ1) is 9.25. The molecule has 0 aliphatic heterocycles. The lowest BCUT2D eigenvalue weighted by Crippen LogP contribution is -2.35. The summed E-state index contributed by atoms with van der Waals surface area (Å²) in [4.78, 5) is 6.77. The van der Waals surface area contributed by atoms with Crippen LogP contribution in [0.4, 0.5) is 0 Å². The van der Waals surface area contributed by atoms with Crippen molar-refractivity contribution in [2.75, 3.05) is 13.6 Å². The molecule has 1 aromatic carbocycles. The monoisotopic (exact) mass is 383 g/mol. The standard InChI is InChI=1S/C16H21N3.HI/c1-19(11-6-7-11)16(17)18-9-14-13-8-10-4-2-3-5-12(10)15(13)14;/h2-5,11,13-15H,6-9H2,1H3,(H2,17,18);1H. The van der Waals surface area contributed by atoms with Crippen LogP contribution in [0.5, 0.6) is 0 Å². The Bertz CT molecular complexity index is 538. The molecule has 2 fully saturated rings. The summed E-state index contributed by atoms with van der Waals surface area (Å²) >= 11 is 0. The van der Waals surface area contributed by atoms with Crippen LogP contribution in [0.15, 0.2) is 29.3 Å². The largest absolute Gasteiger partial charge is 0.370 e. The third kappa shape index (κ3) is 2.32. The first kappa shape index (κ1) is 14.2. The lowest BCUT2D eigenvalue weighted by Gasteiger charge is -2.17. The Balaban J connectivity index is 0.00000121. The summed E-state index contributed by atoms with van der Waals surface area (Å²) in [6.07, 6.45) is 3.79. The van der Waals surface area contributed by atoms with Crippen molar-refractivity contribution in [3.05, 3.63) is 35.4 Å². The van der Waals surface area contributed by atoms with Crippen molar-refractivity contribution >= 4 is 29.9 Å². The van der Waals surface area contributed by atoms with Gasteiger partial charge in [-0.1, -0.05) is 24.3 Å². The van der Waals surface area contributed by atoms with Crippen molar-refractivity contribution in [2.24, 2.45) is 22.6 Å². The minimum atomic E-state index is 0. The van der Waals surface area contributed by atoms with E-state index in [-0.39, 0.29) is 24.0 Å². The predicted octanol–water partition coefficient (Wildman–Crippen LogP) is 2.60. The molecule has 2 saturated carbocycles. The van der Waals surface area contributed by atoms with E-state index in [0.717, 1.165) is 30.3 Å². The number of guanidine groups is 1. The first-order valence-corrected chi connectivity index (χ1v) is 7.36. The Morgan fingerprint density at radius 1 is 1.35 bits per heavy atom. The minimum absolute atomic E-state index is 0. The van der Waals surface area contributed by atoms with Gasteiger partial charge in [-0.15, -0.1) is 24.0 Å². The SMILES string of the molecule is CN(C(N)=NCC1C2Cc3ccccc3C12)C1CC1.I.